The standard InChI is InChI=1S/C38H77N9O5/c1-6-7-8-9-10-19-34(48)47(24-15-22-43-37(51)32(17-11-13-20-39)45-35(49)30(41)26-28(2)3)25-16-23-44-38(52)33(18-12-14-21-40)46-36(50)31(42)27-29(4)5/h28-33H,6-27,39-42H2,1-5H3,(H,43,51)(H,44,52)(H,45,49)(H,46,50)/t30-,31-,32-,33-/m1/s1. The van der Waals surface area contributed by atoms with Crippen molar-refractivity contribution < 1.29 is 24.0 Å². The van der Waals surface area contributed by atoms with Crippen LogP contribution in [0.2, 0.25) is 0 Å². The number of carbonyl (C=O) groups excluding carboxylic acids is 5. The molecule has 0 radical (unpaired) electrons. The van der Waals surface area contributed by atoms with E-state index in [2.05, 4.69) is 28.2 Å². The van der Waals surface area contributed by atoms with Crippen LogP contribution in [0.15, 0.2) is 0 Å². The maximum Gasteiger partial charge on any atom is 0.242 e. The minimum Gasteiger partial charge on any atom is -0.354 e. The summed E-state index contributed by atoms with van der Waals surface area (Å²) in [5.74, 6) is -0.705. The summed E-state index contributed by atoms with van der Waals surface area (Å²) < 4.78 is 0. The van der Waals surface area contributed by atoms with E-state index in [4.69, 9.17) is 22.9 Å². The highest BCUT2D eigenvalue weighted by atomic mass is 16.2. The Kier molecular flexibility index (Phi) is 29.0. The molecule has 4 atom stereocenters. The molecule has 0 saturated carbocycles. The molecule has 0 fully saturated rings. The number of amides is 5. The molecular weight excluding hydrogens is 662 g/mol. The molecule has 0 bridgehead atoms. The molecule has 0 saturated heterocycles. The molecule has 0 aliphatic heterocycles. The van der Waals surface area contributed by atoms with E-state index in [0.29, 0.717) is 97.1 Å². The molecule has 0 heterocycles. The van der Waals surface area contributed by atoms with Crippen molar-refractivity contribution in [3.63, 3.8) is 0 Å². The number of hydrogen-bond donors (Lipinski definition) is 8. The zero-order valence-corrected chi connectivity index (χ0v) is 33.3. The van der Waals surface area contributed by atoms with Gasteiger partial charge in [-0.05, 0) is 95.6 Å². The third kappa shape index (κ3) is 24.4. The van der Waals surface area contributed by atoms with Crippen LogP contribution in [0.3, 0.4) is 0 Å². The maximum atomic E-state index is 13.3. The Bertz CT molecular complexity index is 934. The van der Waals surface area contributed by atoms with Gasteiger partial charge in [-0.1, -0.05) is 60.3 Å². The van der Waals surface area contributed by atoms with E-state index in [1.807, 2.05) is 27.7 Å². The summed E-state index contributed by atoms with van der Waals surface area (Å²) in [7, 11) is 0. The lowest BCUT2D eigenvalue weighted by Crippen LogP contribution is -2.52. The van der Waals surface area contributed by atoms with Crippen LogP contribution in [0.5, 0.6) is 0 Å². The summed E-state index contributed by atoms with van der Waals surface area (Å²) in [6.45, 7) is 12.7. The summed E-state index contributed by atoms with van der Waals surface area (Å²) in [6, 6.07) is -2.80. The zero-order valence-electron chi connectivity index (χ0n) is 33.3. The van der Waals surface area contributed by atoms with Crippen LogP contribution in [-0.2, 0) is 24.0 Å². The molecule has 0 aromatic carbocycles. The number of rotatable bonds is 32. The Balaban J connectivity index is 5.29. The van der Waals surface area contributed by atoms with Gasteiger partial charge in [0.1, 0.15) is 12.1 Å². The average molecular weight is 740 g/mol. The second-order valence-electron chi connectivity index (χ2n) is 15.0. The van der Waals surface area contributed by atoms with E-state index in [9.17, 15) is 24.0 Å². The van der Waals surface area contributed by atoms with Crippen LogP contribution in [0, 0.1) is 11.8 Å². The molecule has 0 rings (SSSR count). The first-order chi connectivity index (χ1) is 24.8. The number of nitrogens with one attached hydrogen (secondary N) is 4. The van der Waals surface area contributed by atoms with E-state index in [0.717, 1.165) is 44.9 Å². The highest BCUT2D eigenvalue weighted by molar-refractivity contribution is 5.90. The minimum absolute atomic E-state index is 0.0475. The topological polar surface area (TPSA) is 241 Å². The van der Waals surface area contributed by atoms with Gasteiger partial charge in [-0.3, -0.25) is 24.0 Å². The van der Waals surface area contributed by atoms with E-state index in [1.165, 1.54) is 0 Å². The summed E-state index contributed by atoms with van der Waals surface area (Å²) in [6.07, 6.45) is 11.5. The van der Waals surface area contributed by atoms with Crippen LogP contribution in [0.1, 0.15) is 137 Å². The monoisotopic (exact) mass is 740 g/mol. The van der Waals surface area contributed by atoms with E-state index < -0.39 is 24.2 Å². The third-order valence-corrected chi connectivity index (χ3v) is 8.94. The van der Waals surface area contributed by atoms with Gasteiger partial charge in [0, 0.05) is 32.6 Å². The Morgan fingerprint density at radius 3 is 1.37 bits per heavy atom. The summed E-state index contributed by atoms with van der Waals surface area (Å²) in [5.41, 5.74) is 23.4. The van der Waals surface area contributed by atoms with Gasteiger partial charge in [-0.2, -0.15) is 0 Å². The number of hydrogen-bond acceptors (Lipinski definition) is 9. The predicted octanol–water partition coefficient (Wildman–Crippen LogP) is 2.16. The van der Waals surface area contributed by atoms with Gasteiger partial charge >= 0.3 is 0 Å². The van der Waals surface area contributed by atoms with Crippen LogP contribution in [0.25, 0.3) is 0 Å². The first kappa shape index (κ1) is 49.2. The molecule has 0 aromatic heterocycles. The Hall–Kier alpha value is -2.81. The Morgan fingerprint density at radius 1 is 0.558 bits per heavy atom. The van der Waals surface area contributed by atoms with Gasteiger partial charge in [-0.15, -0.1) is 0 Å². The first-order valence-corrected chi connectivity index (χ1v) is 20.1. The molecule has 0 aliphatic rings. The molecule has 52 heavy (non-hydrogen) atoms. The molecule has 0 unspecified atom stereocenters. The fourth-order valence-electron chi connectivity index (χ4n) is 5.92. The SMILES string of the molecule is CCCCCCCC(=O)N(CCCNC(=O)[C@@H](CCCCN)NC(=O)[C@H](N)CC(C)C)CCCNC(=O)[C@@H](CCCCN)NC(=O)[C@H](N)CC(C)C. The summed E-state index contributed by atoms with van der Waals surface area (Å²) in [4.78, 5) is 66.7. The van der Waals surface area contributed by atoms with Crippen molar-refractivity contribution in [2.45, 2.75) is 162 Å². The van der Waals surface area contributed by atoms with Crippen molar-refractivity contribution in [2.75, 3.05) is 39.3 Å². The predicted molar refractivity (Wildman–Crippen MR) is 210 cm³/mol. The van der Waals surface area contributed by atoms with E-state index in [-0.39, 0.29) is 41.4 Å². The average Bonchev–Trinajstić information content (AvgIpc) is 3.08. The van der Waals surface area contributed by atoms with Crippen molar-refractivity contribution in [2.24, 2.45) is 34.8 Å². The highest BCUT2D eigenvalue weighted by Gasteiger charge is 2.25. The molecule has 12 N–H and O–H groups in total. The van der Waals surface area contributed by atoms with Crippen LogP contribution in [-0.4, -0.2) is 97.9 Å². The van der Waals surface area contributed by atoms with Crippen LogP contribution >= 0.6 is 0 Å². The first-order valence-electron chi connectivity index (χ1n) is 20.1. The number of unbranched alkanes of at least 4 members (excludes halogenated alkanes) is 6. The number of nitrogens with zero attached hydrogens (tertiary/aromatic N) is 1. The van der Waals surface area contributed by atoms with Gasteiger partial charge in [0.25, 0.3) is 0 Å². The largest absolute Gasteiger partial charge is 0.354 e. The van der Waals surface area contributed by atoms with Crippen LogP contribution in [0.4, 0.5) is 0 Å². The lowest BCUT2D eigenvalue weighted by atomic mass is 10.0. The Morgan fingerprint density at radius 2 is 0.981 bits per heavy atom. The molecule has 0 aromatic rings. The van der Waals surface area contributed by atoms with Crippen molar-refractivity contribution in [1.82, 2.24) is 26.2 Å². The van der Waals surface area contributed by atoms with Gasteiger partial charge < -0.3 is 49.1 Å². The van der Waals surface area contributed by atoms with Gasteiger partial charge in [-0.25, -0.2) is 0 Å². The van der Waals surface area contributed by atoms with E-state index >= 15 is 0 Å². The van der Waals surface area contributed by atoms with Gasteiger partial charge in [0.2, 0.25) is 29.5 Å². The van der Waals surface area contributed by atoms with Crippen molar-refractivity contribution in [3.8, 4) is 0 Å². The smallest absolute Gasteiger partial charge is 0.242 e. The Labute approximate surface area is 314 Å². The van der Waals surface area contributed by atoms with Crippen molar-refractivity contribution >= 4 is 29.5 Å². The second-order valence-corrected chi connectivity index (χ2v) is 15.0. The quantitative estimate of drug-likeness (QED) is 0.0471. The fraction of sp³-hybridized carbons (Fsp3) is 0.868. The molecule has 0 spiro atoms. The van der Waals surface area contributed by atoms with Crippen molar-refractivity contribution in [1.29, 1.82) is 0 Å². The van der Waals surface area contributed by atoms with Crippen LogP contribution < -0.4 is 44.2 Å². The molecule has 304 valence electrons. The molecule has 14 nitrogen and oxygen atoms in total. The zero-order chi connectivity index (χ0) is 39.3. The number of carbonyl (C=O) groups is 5. The highest BCUT2D eigenvalue weighted by Crippen LogP contribution is 2.10. The maximum absolute atomic E-state index is 13.3. The van der Waals surface area contributed by atoms with Crippen molar-refractivity contribution in [3.05, 3.63) is 0 Å². The molecule has 0 aliphatic carbocycles. The van der Waals surface area contributed by atoms with Gasteiger partial charge in [0.15, 0.2) is 0 Å². The normalized spacial score (nSPS) is 13.7. The fourth-order valence-corrected chi connectivity index (χ4v) is 5.92. The minimum atomic E-state index is -0.711. The number of nitrogens with two attached hydrogens (primary N) is 4. The van der Waals surface area contributed by atoms with E-state index in [1.54, 1.807) is 4.90 Å². The lowest BCUT2D eigenvalue weighted by Gasteiger charge is -2.25. The molecular formula is C38H77N9O5. The third-order valence-electron chi connectivity index (χ3n) is 8.94. The molecule has 5 amide bonds. The molecule has 14 heteroatoms. The lowest BCUT2D eigenvalue weighted by molar-refractivity contribution is -0.131. The summed E-state index contributed by atoms with van der Waals surface area (Å²) in [5, 5.41) is 11.5. The second kappa shape index (κ2) is 30.6. The van der Waals surface area contributed by atoms with Gasteiger partial charge in [0.05, 0.1) is 12.1 Å². The summed E-state index contributed by atoms with van der Waals surface area (Å²) >= 11 is 0.